The van der Waals surface area contributed by atoms with Gasteiger partial charge in [0.2, 0.25) is 0 Å². The van der Waals surface area contributed by atoms with E-state index >= 15 is 0 Å². The normalized spacial score (nSPS) is 19.0. The number of nitrogens with zero attached hydrogens (tertiary/aromatic N) is 5. The molecule has 0 aliphatic carbocycles. The van der Waals surface area contributed by atoms with Crippen LogP contribution in [0.1, 0.15) is 52.3 Å². The number of aryl methyl sites for hydroxylation is 1. The fourth-order valence-corrected chi connectivity index (χ4v) is 5.66. The van der Waals surface area contributed by atoms with Gasteiger partial charge in [0, 0.05) is 41.5 Å². The van der Waals surface area contributed by atoms with E-state index in [1.165, 1.54) is 17.4 Å². The molecule has 0 saturated carbocycles. The van der Waals surface area contributed by atoms with Crippen LogP contribution in [0, 0.1) is 12.7 Å². The topological polar surface area (TPSA) is 81.7 Å². The number of halogens is 1. The Morgan fingerprint density at radius 2 is 2.03 bits per heavy atom. The minimum Gasteiger partial charge on any atom is -0.444 e. The van der Waals surface area contributed by atoms with Crippen molar-refractivity contribution in [3.8, 4) is 10.4 Å². The van der Waals surface area contributed by atoms with E-state index in [9.17, 15) is 14.0 Å². The van der Waals surface area contributed by atoms with Gasteiger partial charge < -0.3 is 14.0 Å². The summed E-state index contributed by atoms with van der Waals surface area (Å²) in [6.45, 7) is 9.84. The van der Waals surface area contributed by atoms with Crippen molar-refractivity contribution >= 4 is 33.3 Å². The summed E-state index contributed by atoms with van der Waals surface area (Å²) in [5.41, 5.74) is 1.59. The molecule has 0 radical (unpaired) electrons. The number of ether oxygens (including phenoxy) is 1. The Hall–Kier alpha value is -3.27. The van der Waals surface area contributed by atoms with Gasteiger partial charge in [-0.15, -0.1) is 11.3 Å². The molecule has 4 aromatic heterocycles. The number of hydrogen-bond donors (Lipinski definition) is 0. The van der Waals surface area contributed by atoms with Crippen molar-refractivity contribution in [3.05, 3.63) is 52.7 Å². The zero-order valence-corrected chi connectivity index (χ0v) is 21.2. The van der Waals surface area contributed by atoms with E-state index in [-0.39, 0.29) is 29.4 Å². The molecule has 0 N–H and O–H groups in total. The molecule has 184 valence electrons. The molecule has 8 nitrogen and oxygen atoms in total. The first-order chi connectivity index (χ1) is 16.5. The average Bonchev–Trinajstić information content (AvgIpc) is 3.36. The first kappa shape index (κ1) is 23.5. The van der Waals surface area contributed by atoms with Crippen molar-refractivity contribution in [2.24, 2.45) is 0 Å². The largest absolute Gasteiger partial charge is 0.444 e. The quantitative estimate of drug-likeness (QED) is 0.381. The van der Waals surface area contributed by atoms with Crippen LogP contribution in [0.4, 0.5) is 9.18 Å². The Morgan fingerprint density at radius 1 is 1.26 bits per heavy atom. The summed E-state index contributed by atoms with van der Waals surface area (Å²) in [5, 5.41) is 0. The fraction of sp³-hybridized carbons (Fsp3) is 0.440. The van der Waals surface area contributed by atoms with E-state index in [1.54, 1.807) is 26.4 Å². The Kier molecular flexibility index (Phi) is 5.66. The average molecular weight is 498 g/mol. The van der Waals surface area contributed by atoms with Gasteiger partial charge in [-0.05, 0) is 59.6 Å². The van der Waals surface area contributed by atoms with E-state index in [4.69, 9.17) is 4.74 Å². The van der Waals surface area contributed by atoms with Gasteiger partial charge in [0.1, 0.15) is 10.3 Å². The highest BCUT2D eigenvalue weighted by Gasteiger charge is 2.33. The molecule has 1 aliphatic heterocycles. The molecular weight excluding hydrogens is 469 g/mol. The lowest BCUT2D eigenvalue weighted by Crippen LogP contribution is -2.48. The number of carbonyl (C=O) groups excluding carboxylic acids is 1. The monoisotopic (exact) mass is 497 g/mol. The summed E-state index contributed by atoms with van der Waals surface area (Å²) < 4.78 is 24.0. The first-order valence-corrected chi connectivity index (χ1v) is 12.5. The second-order valence-electron chi connectivity index (χ2n) is 10.2. The Balaban J connectivity index is 1.42. The molecule has 1 aliphatic rings. The van der Waals surface area contributed by atoms with Crippen molar-refractivity contribution in [2.75, 3.05) is 6.54 Å². The molecule has 2 atom stereocenters. The number of likely N-dealkylation sites (tertiary alicyclic amines) is 1. The lowest BCUT2D eigenvalue weighted by molar-refractivity contribution is 0.00770. The molecule has 0 unspecified atom stereocenters. The number of imidazole rings is 1. The molecule has 4 aromatic rings. The second kappa shape index (κ2) is 8.44. The van der Waals surface area contributed by atoms with Crippen molar-refractivity contribution in [1.82, 2.24) is 23.8 Å². The maximum absolute atomic E-state index is 14.6. The van der Waals surface area contributed by atoms with Crippen LogP contribution in [-0.2, 0) is 4.74 Å². The number of piperidine rings is 1. The van der Waals surface area contributed by atoms with Crippen LogP contribution in [-0.4, -0.2) is 48.1 Å². The smallest absolute Gasteiger partial charge is 0.410 e. The number of thiophene rings is 1. The van der Waals surface area contributed by atoms with Crippen LogP contribution in [0.5, 0.6) is 0 Å². The predicted octanol–water partition coefficient (Wildman–Crippen LogP) is 5.18. The van der Waals surface area contributed by atoms with E-state index in [0.717, 1.165) is 10.6 Å². The minimum atomic E-state index is -0.555. The highest BCUT2D eigenvalue weighted by molar-refractivity contribution is 7.22. The van der Waals surface area contributed by atoms with Crippen molar-refractivity contribution in [3.63, 3.8) is 0 Å². The lowest BCUT2D eigenvalue weighted by Gasteiger charge is -2.38. The number of aromatic nitrogens is 4. The SMILES string of the molecule is Cc1cn2cc(-c3cc4ncn([C@@H]5CCN(C(=O)OC(C)(C)C)[C@@H](C)C5)c(=O)c4s3)cc(F)c2n1. The van der Waals surface area contributed by atoms with E-state index < -0.39 is 11.4 Å². The number of fused-ring (bicyclic) bond motifs is 2. The van der Waals surface area contributed by atoms with E-state index in [0.29, 0.717) is 35.2 Å². The molecule has 1 saturated heterocycles. The molecule has 5 rings (SSSR count). The highest BCUT2D eigenvalue weighted by Crippen LogP contribution is 2.33. The molecule has 0 spiro atoms. The Labute approximate surface area is 206 Å². The molecule has 35 heavy (non-hydrogen) atoms. The van der Waals surface area contributed by atoms with Crippen LogP contribution in [0.2, 0.25) is 0 Å². The van der Waals surface area contributed by atoms with Crippen LogP contribution in [0.15, 0.2) is 35.6 Å². The third-order valence-corrected chi connectivity index (χ3v) is 7.40. The summed E-state index contributed by atoms with van der Waals surface area (Å²) in [6, 6.07) is 3.13. The second-order valence-corrected chi connectivity index (χ2v) is 11.2. The summed E-state index contributed by atoms with van der Waals surface area (Å²) in [4.78, 5) is 37.2. The zero-order chi connectivity index (χ0) is 25.1. The van der Waals surface area contributed by atoms with Crippen molar-refractivity contribution < 1.29 is 13.9 Å². The molecular formula is C25H28FN5O3S. The third-order valence-electron chi connectivity index (χ3n) is 6.24. The molecule has 0 aromatic carbocycles. The summed E-state index contributed by atoms with van der Waals surface area (Å²) >= 11 is 1.31. The summed E-state index contributed by atoms with van der Waals surface area (Å²) in [6.07, 6.45) is 6.11. The predicted molar refractivity (Wildman–Crippen MR) is 133 cm³/mol. The minimum absolute atomic E-state index is 0.0682. The van der Waals surface area contributed by atoms with Crippen LogP contribution < -0.4 is 5.56 Å². The van der Waals surface area contributed by atoms with Gasteiger partial charge in [0.05, 0.1) is 17.5 Å². The van der Waals surface area contributed by atoms with Gasteiger partial charge in [-0.3, -0.25) is 9.36 Å². The van der Waals surface area contributed by atoms with E-state index in [1.807, 2.05) is 46.9 Å². The number of amides is 1. The molecule has 10 heteroatoms. The number of rotatable bonds is 2. The summed E-state index contributed by atoms with van der Waals surface area (Å²) in [5.74, 6) is -0.413. The van der Waals surface area contributed by atoms with Gasteiger partial charge in [-0.2, -0.15) is 0 Å². The molecule has 1 amide bonds. The van der Waals surface area contributed by atoms with Gasteiger partial charge in [0.25, 0.3) is 5.56 Å². The lowest BCUT2D eigenvalue weighted by atomic mass is 9.98. The van der Waals surface area contributed by atoms with Crippen molar-refractivity contribution in [1.29, 1.82) is 0 Å². The summed E-state index contributed by atoms with van der Waals surface area (Å²) in [7, 11) is 0. The van der Waals surface area contributed by atoms with Gasteiger partial charge in [0.15, 0.2) is 11.5 Å². The number of hydrogen-bond acceptors (Lipinski definition) is 6. The van der Waals surface area contributed by atoms with Gasteiger partial charge in [-0.1, -0.05) is 0 Å². The number of carbonyl (C=O) groups is 1. The maximum atomic E-state index is 14.6. The Bertz CT molecular complexity index is 1500. The van der Waals surface area contributed by atoms with Gasteiger partial charge in [-0.25, -0.2) is 19.2 Å². The third kappa shape index (κ3) is 4.42. The standard InChI is InChI=1S/C25H28FN5O3S/c1-14-11-29-12-16(9-18(26)22(29)28-14)20-10-19-21(35-20)23(32)31(13-27-19)17-6-7-30(15(2)8-17)24(33)34-25(3,4)5/h9-13,15,17H,6-8H2,1-5H3/t15-,17+/m0/s1. The maximum Gasteiger partial charge on any atom is 0.410 e. The molecule has 1 fully saturated rings. The first-order valence-electron chi connectivity index (χ1n) is 11.7. The molecule has 0 bridgehead atoms. The zero-order valence-electron chi connectivity index (χ0n) is 20.4. The van der Waals surface area contributed by atoms with Crippen LogP contribution >= 0.6 is 11.3 Å². The van der Waals surface area contributed by atoms with Gasteiger partial charge >= 0.3 is 6.09 Å². The fourth-order valence-electron chi connectivity index (χ4n) is 4.63. The van der Waals surface area contributed by atoms with Crippen LogP contribution in [0.25, 0.3) is 26.3 Å². The van der Waals surface area contributed by atoms with Crippen LogP contribution in [0.3, 0.4) is 0 Å². The van der Waals surface area contributed by atoms with E-state index in [2.05, 4.69) is 9.97 Å². The highest BCUT2D eigenvalue weighted by atomic mass is 32.1. The Morgan fingerprint density at radius 3 is 2.74 bits per heavy atom. The number of pyridine rings is 1. The van der Waals surface area contributed by atoms with Crippen molar-refractivity contribution in [2.45, 2.75) is 65.1 Å². The molecule has 5 heterocycles.